The molecule has 86 valence electrons. The molecule has 2 heteroatoms. The fourth-order valence-electron chi connectivity index (χ4n) is 1.38. The molecule has 0 aliphatic heterocycles. The normalized spacial score (nSPS) is 10.1. The lowest BCUT2D eigenvalue weighted by Gasteiger charge is -2.08. The molecule has 0 heterocycles. The Kier molecular flexibility index (Phi) is 5.45. The van der Waals surface area contributed by atoms with Gasteiger partial charge < -0.3 is 10.1 Å². The van der Waals surface area contributed by atoms with Crippen LogP contribution in [0.15, 0.2) is 24.3 Å². The summed E-state index contributed by atoms with van der Waals surface area (Å²) in [6, 6.07) is 8.62. The number of terminal acetylenes is 1. The van der Waals surface area contributed by atoms with Gasteiger partial charge in [-0.05, 0) is 30.7 Å². The van der Waals surface area contributed by atoms with Gasteiger partial charge in [-0.15, -0.1) is 6.42 Å². The molecule has 1 aromatic rings. The first kappa shape index (κ1) is 12.6. The molecule has 1 aromatic carbocycles. The standard InChI is InChI=1S/C14H19NO/c1-4-11-16-14-7-5-13(6-8-14)9-10-15-12(2)3/h1,5-8,12,15H,9-11H2,2-3H3. The molecule has 2 nitrogen and oxygen atoms in total. The number of benzene rings is 1. The Morgan fingerprint density at radius 3 is 2.56 bits per heavy atom. The second kappa shape index (κ2) is 6.92. The van der Waals surface area contributed by atoms with Gasteiger partial charge in [0.15, 0.2) is 0 Å². The third kappa shape index (κ3) is 4.86. The van der Waals surface area contributed by atoms with E-state index in [2.05, 4.69) is 37.2 Å². The van der Waals surface area contributed by atoms with Crippen molar-refractivity contribution in [1.29, 1.82) is 0 Å². The van der Waals surface area contributed by atoms with E-state index in [1.165, 1.54) is 5.56 Å². The first-order valence-electron chi connectivity index (χ1n) is 5.61. The maximum Gasteiger partial charge on any atom is 0.148 e. The van der Waals surface area contributed by atoms with E-state index in [-0.39, 0.29) is 0 Å². The molecule has 0 aliphatic carbocycles. The van der Waals surface area contributed by atoms with Crippen LogP contribution in [0.5, 0.6) is 5.75 Å². The summed E-state index contributed by atoms with van der Waals surface area (Å²) in [5.41, 5.74) is 1.31. The Morgan fingerprint density at radius 1 is 1.31 bits per heavy atom. The van der Waals surface area contributed by atoms with Gasteiger partial charge in [0, 0.05) is 6.04 Å². The summed E-state index contributed by atoms with van der Waals surface area (Å²) in [7, 11) is 0. The monoisotopic (exact) mass is 217 g/mol. The van der Waals surface area contributed by atoms with Crippen LogP contribution >= 0.6 is 0 Å². The van der Waals surface area contributed by atoms with Crippen LogP contribution in [0.4, 0.5) is 0 Å². The van der Waals surface area contributed by atoms with Gasteiger partial charge in [-0.3, -0.25) is 0 Å². The molecule has 0 radical (unpaired) electrons. The maximum atomic E-state index is 5.30. The average Bonchev–Trinajstić information content (AvgIpc) is 2.27. The second-order valence-electron chi connectivity index (χ2n) is 4.00. The van der Waals surface area contributed by atoms with Crippen LogP contribution in [0.3, 0.4) is 0 Å². The van der Waals surface area contributed by atoms with E-state index in [4.69, 9.17) is 11.2 Å². The summed E-state index contributed by atoms with van der Waals surface area (Å²) in [5.74, 6) is 3.28. The quantitative estimate of drug-likeness (QED) is 0.738. The van der Waals surface area contributed by atoms with Crippen LogP contribution in [0.25, 0.3) is 0 Å². The zero-order chi connectivity index (χ0) is 11.8. The Bertz CT molecular complexity index is 335. The summed E-state index contributed by atoms with van der Waals surface area (Å²) in [6.07, 6.45) is 6.15. The fraction of sp³-hybridized carbons (Fsp3) is 0.429. The SMILES string of the molecule is C#CCOc1ccc(CCNC(C)C)cc1. The Balaban J connectivity index is 2.36. The highest BCUT2D eigenvalue weighted by molar-refractivity contribution is 5.27. The molecular weight excluding hydrogens is 198 g/mol. The Hall–Kier alpha value is -1.46. The molecule has 0 aromatic heterocycles. The Labute approximate surface area is 98.0 Å². The summed E-state index contributed by atoms with van der Waals surface area (Å²) in [5, 5.41) is 3.39. The van der Waals surface area contributed by atoms with Crippen molar-refractivity contribution in [3.8, 4) is 18.1 Å². The molecule has 16 heavy (non-hydrogen) atoms. The molecule has 0 atom stereocenters. The van der Waals surface area contributed by atoms with Crippen molar-refractivity contribution in [1.82, 2.24) is 5.32 Å². The Morgan fingerprint density at radius 2 is 2.00 bits per heavy atom. The van der Waals surface area contributed by atoms with E-state index >= 15 is 0 Å². The zero-order valence-corrected chi connectivity index (χ0v) is 9.99. The fourth-order valence-corrected chi connectivity index (χ4v) is 1.38. The lowest BCUT2D eigenvalue weighted by atomic mass is 10.1. The number of hydrogen-bond donors (Lipinski definition) is 1. The van der Waals surface area contributed by atoms with E-state index in [0.717, 1.165) is 18.7 Å². The highest BCUT2D eigenvalue weighted by atomic mass is 16.5. The number of rotatable bonds is 6. The van der Waals surface area contributed by atoms with Gasteiger partial charge in [-0.1, -0.05) is 31.9 Å². The average molecular weight is 217 g/mol. The van der Waals surface area contributed by atoms with Gasteiger partial charge in [-0.2, -0.15) is 0 Å². The van der Waals surface area contributed by atoms with E-state index in [9.17, 15) is 0 Å². The first-order chi connectivity index (χ1) is 7.72. The molecule has 0 bridgehead atoms. The summed E-state index contributed by atoms with van der Waals surface area (Å²) >= 11 is 0. The van der Waals surface area contributed by atoms with Gasteiger partial charge in [0.2, 0.25) is 0 Å². The molecule has 0 saturated heterocycles. The predicted octanol–water partition coefficient (Wildman–Crippen LogP) is 2.24. The molecule has 0 amide bonds. The third-order valence-electron chi connectivity index (χ3n) is 2.21. The van der Waals surface area contributed by atoms with Crippen LogP contribution in [0, 0.1) is 12.3 Å². The summed E-state index contributed by atoms with van der Waals surface area (Å²) < 4.78 is 5.30. The first-order valence-corrected chi connectivity index (χ1v) is 5.61. The lowest BCUT2D eigenvalue weighted by molar-refractivity contribution is 0.370. The molecule has 0 saturated carbocycles. The van der Waals surface area contributed by atoms with E-state index < -0.39 is 0 Å². The topological polar surface area (TPSA) is 21.3 Å². The highest BCUT2D eigenvalue weighted by Crippen LogP contribution is 2.12. The van der Waals surface area contributed by atoms with Crippen molar-refractivity contribution >= 4 is 0 Å². The van der Waals surface area contributed by atoms with Crippen molar-refractivity contribution in [2.45, 2.75) is 26.3 Å². The number of nitrogens with one attached hydrogen (secondary N) is 1. The van der Waals surface area contributed by atoms with Crippen LogP contribution in [0.2, 0.25) is 0 Å². The molecule has 0 aliphatic rings. The maximum absolute atomic E-state index is 5.30. The predicted molar refractivity (Wildman–Crippen MR) is 67.6 cm³/mol. The molecule has 0 spiro atoms. The van der Waals surface area contributed by atoms with Gasteiger partial charge in [0.05, 0.1) is 0 Å². The van der Waals surface area contributed by atoms with Crippen molar-refractivity contribution in [3.63, 3.8) is 0 Å². The molecule has 1 rings (SSSR count). The van der Waals surface area contributed by atoms with Crippen molar-refractivity contribution < 1.29 is 4.74 Å². The third-order valence-corrected chi connectivity index (χ3v) is 2.21. The number of ether oxygens (including phenoxy) is 1. The minimum Gasteiger partial charge on any atom is -0.481 e. The molecule has 1 N–H and O–H groups in total. The van der Waals surface area contributed by atoms with Crippen LogP contribution in [-0.2, 0) is 6.42 Å². The van der Waals surface area contributed by atoms with Gasteiger partial charge in [0.25, 0.3) is 0 Å². The van der Waals surface area contributed by atoms with Crippen LogP contribution in [-0.4, -0.2) is 19.2 Å². The zero-order valence-electron chi connectivity index (χ0n) is 9.99. The molecule has 0 fully saturated rings. The van der Waals surface area contributed by atoms with E-state index in [1.54, 1.807) is 0 Å². The highest BCUT2D eigenvalue weighted by Gasteiger charge is 1.96. The second-order valence-corrected chi connectivity index (χ2v) is 4.00. The smallest absolute Gasteiger partial charge is 0.148 e. The van der Waals surface area contributed by atoms with Crippen molar-refractivity contribution in [2.75, 3.05) is 13.2 Å². The van der Waals surface area contributed by atoms with Crippen LogP contribution in [0.1, 0.15) is 19.4 Å². The van der Waals surface area contributed by atoms with Crippen LogP contribution < -0.4 is 10.1 Å². The largest absolute Gasteiger partial charge is 0.481 e. The number of hydrogen-bond acceptors (Lipinski definition) is 2. The minimum atomic E-state index is 0.328. The van der Waals surface area contributed by atoms with Crippen molar-refractivity contribution in [2.24, 2.45) is 0 Å². The summed E-state index contributed by atoms with van der Waals surface area (Å²) in [4.78, 5) is 0. The van der Waals surface area contributed by atoms with E-state index in [0.29, 0.717) is 12.6 Å². The summed E-state index contributed by atoms with van der Waals surface area (Å²) in [6.45, 7) is 5.63. The van der Waals surface area contributed by atoms with E-state index in [1.807, 2.05) is 12.1 Å². The van der Waals surface area contributed by atoms with Crippen molar-refractivity contribution in [3.05, 3.63) is 29.8 Å². The van der Waals surface area contributed by atoms with Gasteiger partial charge in [0.1, 0.15) is 12.4 Å². The minimum absolute atomic E-state index is 0.328. The molecular formula is C14H19NO. The van der Waals surface area contributed by atoms with Gasteiger partial charge >= 0.3 is 0 Å². The van der Waals surface area contributed by atoms with Gasteiger partial charge in [-0.25, -0.2) is 0 Å². The lowest BCUT2D eigenvalue weighted by Crippen LogP contribution is -2.24. The molecule has 0 unspecified atom stereocenters.